The molecular formula is C11H20N2. The second-order valence-corrected chi connectivity index (χ2v) is 4.98. The molecule has 2 heterocycles. The number of hydrogen-bond donors (Lipinski definition) is 1. The largest absolute Gasteiger partial charge is 0.311 e. The number of fused-ring (bicyclic) bond motifs is 2. The highest BCUT2D eigenvalue weighted by Crippen LogP contribution is 2.31. The Balaban J connectivity index is 1.65. The maximum atomic E-state index is 3.58. The Bertz CT molecular complexity index is 187. The van der Waals surface area contributed by atoms with Crippen molar-refractivity contribution >= 4 is 0 Å². The number of nitrogens with one attached hydrogen (secondary N) is 1. The van der Waals surface area contributed by atoms with E-state index in [1.54, 1.807) is 0 Å². The minimum absolute atomic E-state index is 0.840. The van der Waals surface area contributed by atoms with Crippen molar-refractivity contribution in [2.75, 3.05) is 13.1 Å². The van der Waals surface area contributed by atoms with Gasteiger partial charge in [-0.15, -0.1) is 0 Å². The first-order valence-corrected chi connectivity index (χ1v) is 5.92. The fraction of sp³-hybridized carbons (Fsp3) is 1.00. The molecule has 0 spiro atoms. The lowest BCUT2D eigenvalue weighted by Gasteiger charge is -2.37. The van der Waals surface area contributed by atoms with Gasteiger partial charge in [-0.2, -0.15) is 0 Å². The Morgan fingerprint density at radius 2 is 1.85 bits per heavy atom. The van der Waals surface area contributed by atoms with Gasteiger partial charge >= 0.3 is 0 Å². The third-order valence-corrected chi connectivity index (χ3v) is 4.14. The number of rotatable bonds is 1. The van der Waals surface area contributed by atoms with E-state index in [1.165, 1.54) is 51.6 Å². The molecule has 2 heteroatoms. The Hall–Kier alpha value is -0.0800. The smallest absolute Gasteiger partial charge is 0.0239 e. The van der Waals surface area contributed by atoms with Crippen LogP contribution in [-0.2, 0) is 0 Å². The summed E-state index contributed by atoms with van der Waals surface area (Å²) in [6.45, 7) is 2.61. The molecule has 2 atom stereocenters. The highest BCUT2D eigenvalue weighted by molar-refractivity contribution is 5.00. The summed E-state index contributed by atoms with van der Waals surface area (Å²) in [5.41, 5.74) is 0. The Kier molecular flexibility index (Phi) is 2.06. The van der Waals surface area contributed by atoms with Gasteiger partial charge in [-0.1, -0.05) is 19.3 Å². The van der Waals surface area contributed by atoms with Crippen LogP contribution in [0.2, 0.25) is 0 Å². The molecule has 0 amide bonds. The molecule has 2 aliphatic heterocycles. The second kappa shape index (κ2) is 3.25. The van der Waals surface area contributed by atoms with E-state index in [2.05, 4.69) is 10.2 Å². The first-order chi connectivity index (χ1) is 6.43. The topological polar surface area (TPSA) is 15.3 Å². The number of likely N-dealkylation sites (tertiary alicyclic amines) is 1. The van der Waals surface area contributed by atoms with Gasteiger partial charge in [-0.05, 0) is 19.3 Å². The minimum atomic E-state index is 0.840. The predicted octanol–water partition coefficient (Wildman–Crippen LogP) is 1.37. The van der Waals surface area contributed by atoms with Crippen molar-refractivity contribution in [1.29, 1.82) is 0 Å². The zero-order chi connectivity index (χ0) is 8.67. The van der Waals surface area contributed by atoms with Crippen molar-refractivity contribution in [3.63, 3.8) is 0 Å². The molecule has 2 bridgehead atoms. The number of piperazine rings is 1. The van der Waals surface area contributed by atoms with Crippen molar-refractivity contribution in [2.45, 2.75) is 56.7 Å². The summed E-state index contributed by atoms with van der Waals surface area (Å²) < 4.78 is 0. The van der Waals surface area contributed by atoms with Crippen molar-refractivity contribution < 1.29 is 0 Å². The SMILES string of the molecule is C1CCC(N2CC3CC2CN3)CC1. The van der Waals surface area contributed by atoms with Crippen molar-refractivity contribution in [1.82, 2.24) is 10.2 Å². The maximum absolute atomic E-state index is 3.58. The van der Waals surface area contributed by atoms with Gasteiger partial charge in [0.05, 0.1) is 0 Å². The Labute approximate surface area is 80.7 Å². The molecule has 0 aromatic heterocycles. The van der Waals surface area contributed by atoms with Crippen LogP contribution in [0.3, 0.4) is 0 Å². The zero-order valence-electron chi connectivity index (χ0n) is 8.34. The highest BCUT2D eigenvalue weighted by Gasteiger charge is 2.40. The van der Waals surface area contributed by atoms with Crippen molar-refractivity contribution in [2.24, 2.45) is 0 Å². The Morgan fingerprint density at radius 1 is 1.00 bits per heavy atom. The van der Waals surface area contributed by atoms with Crippen LogP contribution in [0.1, 0.15) is 38.5 Å². The van der Waals surface area contributed by atoms with Crippen LogP contribution in [0.25, 0.3) is 0 Å². The maximum Gasteiger partial charge on any atom is 0.0239 e. The van der Waals surface area contributed by atoms with Crippen LogP contribution in [-0.4, -0.2) is 36.1 Å². The van der Waals surface area contributed by atoms with E-state index in [1.807, 2.05) is 0 Å². The van der Waals surface area contributed by atoms with Crippen LogP contribution < -0.4 is 5.32 Å². The molecule has 2 nitrogen and oxygen atoms in total. The monoisotopic (exact) mass is 180 g/mol. The summed E-state index contributed by atoms with van der Waals surface area (Å²) in [5, 5.41) is 3.58. The fourth-order valence-corrected chi connectivity index (χ4v) is 3.45. The molecule has 0 aromatic rings. The van der Waals surface area contributed by atoms with Crippen LogP contribution in [0.4, 0.5) is 0 Å². The van der Waals surface area contributed by atoms with Gasteiger partial charge in [0.2, 0.25) is 0 Å². The van der Waals surface area contributed by atoms with E-state index in [9.17, 15) is 0 Å². The zero-order valence-corrected chi connectivity index (χ0v) is 8.34. The standard InChI is InChI=1S/C11H20N2/c1-2-4-10(5-3-1)13-8-9-6-11(13)7-12-9/h9-12H,1-8H2. The predicted molar refractivity (Wildman–Crippen MR) is 53.8 cm³/mol. The minimum Gasteiger partial charge on any atom is -0.311 e. The van der Waals surface area contributed by atoms with Crippen LogP contribution in [0.15, 0.2) is 0 Å². The molecule has 2 saturated heterocycles. The molecular weight excluding hydrogens is 160 g/mol. The highest BCUT2D eigenvalue weighted by atomic mass is 15.3. The van der Waals surface area contributed by atoms with E-state index in [0.29, 0.717) is 0 Å². The van der Waals surface area contributed by atoms with E-state index in [0.717, 1.165) is 18.1 Å². The molecule has 1 N–H and O–H groups in total. The molecule has 2 unspecified atom stereocenters. The normalized spacial score (nSPS) is 41.5. The van der Waals surface area contributed by atoms with Crippen LogP contribution in [0.5, 0.6) is 0 Å². The Morgan fingerprint density at radius 3 is 2.46 bits per heavy atom. The van der Waals surface area contributed by atoms with Crippen molar-refractivity contribution in [3.05, 3.63) is 0 Å². The fourth-order valence-electron chi connectivity index (χ4n) is 3.45. The van der Waals surface area contributed by atoms with E-state index in [4.69, 9.17) is 0 Å². The first kappa shape index (κ1) is 8.25. The molecule has 0 radical (unpaired) electrons. The first-order valence-electron chi connectivity index (χ1n) is 5.92. The lowest BCUT2D eigenvalue weighted by atomic mass is 9.93. The summed E-state index contributed by atoms with van der Waals surface area (Å²) in [7, 11) is 0. The summed E-state index contributed by atoms with van der Waals surface area (Å²) >= 11 is 0. The lowest BCUT2D eigenvalue weighted by Crippen LogP contribution is -2.49. The molecule has 3 fully saturated rings. The van der Waals surface area contributed by atoms with Crippen LogP contribution in [0, 0.1) is 0 Å². The number of hydrogen-bond acceptors (Lipinski definition) is 2. The molecule has 0 aromatic carbocycles. The summed E-state index contributed by atoms with van der Waals surface area (Å²) in [6.07, 6.45) is 8.82. The van der Waals surface area contributed by atoms with Gasteiger partial charge in [-0.25, -0.2) is 0 Å². The second-order valence-electron chi connectivity index (χ2n) is 4.98. The lowest BCUT2D eigenvalue weighted by molar-refractivity contribution is 0.126. The molecule has 1 aliphatic carbocycles. The quantitative estimate of drug-likeness (QED) is 0.655. The van der Waals surface area contributed by atoms with Gasteiger partial charge in [0.25, 0.3) is 0 Å². The molecule has 13 heavy (non-hydrogen) atoms. The van der Waals surface area contributed by atoms with Gasteiger partial charge in [0.15, 0.2) is 0 Å². The van der Waals surface area contributed by atoms with E-state index < -0.39 is 0 Å². The summed E-state index contributed by atoms with van der Waals surface area (Å²) in [6, 6.07) is 2.69. The van der Waals surface area contributed by atoms with E-state index >= 15 is 0 Å². The molecule has 1 saturated carbocycles. The summed E-state index contributed by atoms with van der Waals surface area (Å²) in [5.74, 6) is 0. The van der Waals surface area contributed by atoms with Gasteiger partial charge in [0.1, 0.15) is 0 Å². The molecule has 3 aliphatic rings. The van der Waals surface area contributed by atoms with Crippen molar-refractivity contribution in [3.8, 4) is 0 Å². The van der Waals surface area contributed by atoms with Crippen LogP contribution >= 0.6 is 0 Å². The average Bonchev–Trinajstić information content (AvgIpc) is 2.80. The van der Waals surface area contributed by atoms with Gasteiger partial charge in [-0.3, -0.25) is 4.90 Å². The third-order valence-electron chi connectivity index (χ3n) is 4.14. The molecule has 74 valence electrons. The molecule has 3 rings (SSSR count). The number of nitrogens with zero attached hydrogens (tertiary/aromatic N) is 1. The average molecular weight is 180 g/mol. The van der Waals surface area contributed by atoms with E-state index in [-0.39, 0.29) is 0 Å². The summed E-state index contributed by atoms with van der Waals surface area (Å²) in [4.78, 5) is 2.81. The van der Waals surface area contributed by atoms with Gasteiger partial charge in [0, 0.05) is 31.2 Å². The third kappa shape index (κ3) is 1.40. The van der Waals surface area contributed by atoms with Gasteiger partial charge < -0.3 is 5.32 Å².